The fourth-order valence-corrected chi connectivity index (χ4v) is 5.96. The summed E-state index contributed by atoms with van der Waals surface area (Å²) in [6.07, 6.45) is 8.30. The molecule has 2 unspecified atom stereocenters. The van der Waals surface area contributed by atoms with Crippen LogP contribution in [0.1, 0.15) is 44.1 Å². The third-order valence-corrected chi connectivity index (χ3v) is 6.32. The van der Waals surface area contributed by atoms with Gasteiger partial charge in [0.2, 0.25) is 0 Å². The lowest BCUT2D eigenvalue weighted by Gasteiger charge is -2.62. The van der Waals surface area contributed by atoms with Crippen LogP contribution < -0.4 is 18.1 Å². The molecule has 2 N–H and O–H groups in total. The van der Waals surface area contributed by atoms with Gasteiger partial charge in [0.15, 0.2) is 0 Å². The first-order valence-corrected chi connectivity index (χ1v) is 7.97. The van der Waals surface area contributed by atoms with Crippen molar-refractivity contribution in [2.45, 2.75) is 43.9 Å². The van der Waals surface area contributed by atoms with Gasteiger partial charge in [-0.2, -0.15) is 0 Å². The third kappa shape index (κ3) is 2.10. The third-order valence-electron chi connectivity index (χ3n) is 6.07. The van der Waals surface area contributed by atoms with Crippen LogP contribution in [0.3, 0.4) is 0 Å². The number of hydrogen-bond donors (Lipinski definition) is 1. The molecule has 0 aliphatic heterocycles. The normalized spacial score (nSPS) is 41.5. The second-order valence-electron chi connectivity index (χ2n) is 7.45. The Morgan fingerprint density at radius 3 is 2.20 bits per heavy atom. The zero-order valence-electron chi connectivity index (χ0n) is 11.7. The van der Waals surface area contributed by atoms with Crippen LogP contribution in [-0.2, 0) is 5.41 Å². The van der Waals surface area contributed by atoms with E-state index in [0.29, 0.717) is 10.8 Å². The van der Waals surface area contributed by atoms with E-state index in [1.165, 1.54) is 44.1 Å². The molecule has 4 saturated carbocycles. The topological polar surface area (TPSA) is 26.0 Å². The summed E-state index contributed by atoms with van der Waals surface area (Å²) in [7, 11) is 0. The molecule has 20 heavy (non-hydrogen) atoms. The minimum Gasteiger partial charge on any atom is -1.00 e. The summed E-state index contributed by atoms with van der Waals surface area (Å²) in [6.45, 7) is 0.884. The second kappa shape index (κ2) is 4.90. The molecule has 1 aromatic rings. The van der Waals surface area contributed by atoms with Gasteiger partial charge in [-0.15, -0.1) is 0 Å². The molecule has 1 nitrogen and oxygen atoms in total. The summed E-state index contributed by atoms with van der Waals surface area (Å²) in [5.74, 6) is 1.83. The van der Waals surface area contributed by atoms with Crippen LogP contribution in [-0.4, -0.2) is 6.54 Å². The minimum absolute atomic E-state index is 0. The first-order chi connectivity index (χ1) is 9.13. The Morgan fingerprint density at radius 2 is 1.65 bits per heavy atom. The number of rotatable bonds is 2. The molecule has 4 aliphatic carbocycles. The first kappa shape index (κ1) is 14.7. The first-order valence-electron chi connectivity index (χ1n) is 7.59. The van der Waals surface area contributed by atoms with Gasteiger partial charge in [-0.3, -0.25) is 0 Å². The van der Waals surface area contributed by atoms with E-state index in [2.05, 4.69) is 24.3 Å². The predicted molar refractivity (Wildman–Crippen MR) is 79.3 cm³/mol. The molecule has 4 aliphatic rings. The van der Waals surface area contributed by atoms with Crippen molar-refractivity contribution in [3.63, 3.8) is 0 Å². The number of hydrogen-bond acceptors (Lipinski definition) is 1. The van der Waals surface area contributed by atoms with Crippen molar-refractivity contribution < 1.29 is 12.4 Å². The Kier molecular flexibility index (Phi) is 3.60. The van der Waals surface area contributed by atoms with Crippen molar-refractivity contribution >= 4 is 11.6 Å². The monoisotopic (exact) mass is 310 g/mol. The van der Waals surface area contributed by atoms with Crippen molar-refractivity contribution in [2.24, 2.45) is 23.0 Å². The van der Waals surface area contributed by atoms with Crippen molar-refractivity contribution in [1.82, 2.24) is 0 Å². The van der Waals surface area contributed by atoms with Gasteiger partial charge in [-0.25, -0.2) is 0 Å². The molecule has 5 rings (SSSR count). The van der Waals surface area contributed by atoms with Gasteiger partial charge in [0, 0.05) is 5.02 Å². The maximum atomic E-state index is 6.17. The van der Waals surface area contributed by atoms with E-state index in [4.69, 9.17) is 17.3 Å². The Hall–Kier alpha value is -0.240. The van der Waals surface area contributed by atoms with Gasteiger partial charge in [-0.05, 0) is 85.4 Å². The van der Waals surface area contributed by atoms with Crippen LogP contribution in [0.5, 0.6) is 0 Å². The number of nitrogens with two attached hydrogens (primary N) is 1. The van der Waals surface area contributed by atoms with E-state index in [0.717, 1.165) is 23.4 Å². The van der Waals surface area contributed by atoms with E-state index in [-0.39, 0.29) is 12.4 Å². The average Bonchev–Trinajstić information content (AvgIpc) is 2.38. The molecule has 4 fully saturated rings. The maximum Gasteiger partial charge on any atom is 0.0406 e. The van der Waals surface area contributed by atoms with Crippen molar-refractivity contribution in [3.8, 4) is 0 Å². The van der Waals surface area contributed by atoms with Crippen molar-refractivity contribution in [1.29, 1.82) is 0 Å². The predicted octanol–water partition coefficient (Wildman–Crippen LogP) is 1.14. The molecule has 2 atom stereocenters. The molecule has 4 bridgehead atoms. The highest BCUT2D eigenvalue weighted by Gasteiger charge is 2.57. The van der Waals surface area contributed by atoms with Gasteiger partial charge >= 0.3 is 0 Å². The van der Waals surface area contributed by atoms with Gasteiger partial charge in [0.05, 0.1) is 0 Å². The fraction of sp³-hybridized carbons (Fsp3) is 0.647. The maximum absolute atomic E-state index is 6.17. The molecule has 0 spiro atoms. The van der Waals surface area contributed by atoms with Crippen LogP contribution in [0.25, 0.3) is 0 Å². The second-order valence-corrected chi connectivity index (χ2v) is 7.89. The highest BCUT2D eigenvalue weighted by atomic mass is 35.5. The van der Waals surface area contributed by atoms with Crippen molar-refractivity contribution in [2.75, 3.05) is 6.54 Å². The van der Waals surface area contributed by atoms with E-state index in [1.807, 2.05) is 0 Å². The molecule has 0 saturated heterocycles. The lowest BCUT2D eigenvalue weighted by molar-refractivity contribution is -0.0667. The zero-order chi connectivity index (χ0) is 13.1. The molecule has 0 aromatic heterocycles. The smallest absolute Gasteiger partial charge is 0.0406 e. The van der Waals surface area contributed by atoms with E-state index in [1.54, 1.807) is 0 Å². The lowest BCUT2D eigenvalue weighted by Crippen LogP contribution is -3.00. The Bertz CT molecular complexity index is 482. The van der Waals surface area contributed by atoms with Crippen LogP contribution in [0.15, 0.2) is 24.3 Å². The lowest BCUT2D eigenvalue weighted by atomic mass is 9.43. The van der Waals surface area contributed by atoms with Crippen LogP contribution in [0, 0.1) is 17.3 Å². The summed E-state index contributed by atoms with van der Waals surface area (Å²) < 4.78 is 0. The van der Waals surface area contributed by atoms with E-state index in [9.17, 15) is 0 Å². The molecule has 0 radical (unpaired) electrons. The minimum atomic E-state index is 0. The van der Waals surface area contributed by atoms with E-state index < -0.39 is 0 Å². The van der Waals surface area contributed by atoms with Crippen molar-refractivity contribution in [3.05, 3.63) is 34.9 Å². The largest absolute Gasteiger partial charge is 1.00 e. The standard InChI is InChI=1S/C17H22ClN.ClH/c18-15-3-1-14(2-4-15)17-8-12-5-13(9-17)7-16(6-12,10-17)11-19;/h1-4,12-13H,5-11,19H2;1H/p-1. The summed E-state index contributed by atoms with van der Waals surface area (Å²) in [5.41, 5.74) is 8.54. The summed E-state index contributed by atoms with van der Waals surface area (Å²) >= 11 is 6.05. The highest BCUT2D eigenvalue weighted by Crippen LogP contribution is 2.65. The molecule has 110 valence electrons. The van der Waals surface area contributed by atoms with Crippen LogP contribution >= 0.6 is 11.6 Å². The fourth-order valence-electron chi connectivity index (χ4n) is 5.83. The number of halogens is 2. The highest BCUT2D eigenvalue weighted by molar-refractivity contribution is 6.30. The molecule has 0 heterocycles. The Morgan fingerprint density at radius 1 is 1.05 bits per heavy atom. The Balaban J connectivity index is 0.00000121. The number of benzene rings is 1. The molecule has 3 heteroatoms. The summed E-state index contributed by atoms with van der Waals surface area (Å²) in [6, 6.07) is 8.65. The molecular formula is C17H22Cl2N-. The molecular weight excluding hydrogens is 289 g/mol. The van der Waals surface area contributed by atoms with Gasteiger partial charge in [-0.1, -0.05) is 23.7 Å². The summed E-state index contributed by atoms with van der Waals surface area (Å²) in [5, 5.41) is 0.849. The van der Waals surface area contributed by atoms with Gasteiger partial charge < -0.3 is 18.1 Å². The van der Waals surface area contributed by atoms with E-state index >= 15 is 0 Å². The SMILES string of the molecule is NCC12CC3CC(C1)CC(c1ccc(Cl)cc1)(C3)C2.[Cl-]. The van der Waals surface area contributed by atoms with Crippen LogP contribution in [0.4, 0.5) is 0 Å². The van der Waals surface area contributed by atoms with Gasteiger partial charge in [0.25, 0.3) is 0 Å². The molecule has 0 amide bonds. The van der Waals surface area contributed by atoms with Crippen LogP contribution in [0.2, 0.25) is 5.02 Å². The Labute approximate surface area is 132 Å². The van der Waals surface area contributed by atoms with Gasteiger partial charge in [0.1, 0.15) is 0 Å². The quantitative estimate of drug-likeness (QED) is 0.871. The molecule has 1 aromatic carbocycles. The summed E-state index contributed by atoms with van der Waals surface area (Å²) in [4.78, 5) is 0. The zero-order valence-corrected chi connectivity index (χ0v) is 13.3. The average molecular weight is 311 g/mol.